The average Bonchev–Trinajstić information content (AvgIpc) is 2.67. The third-order valence-corrected chi connectivity index (χ3v) is 4.89. The number of ether oxygens (including phenoxy) is 1. The molecule has 0 atom stereocenters. The first kappa shape index (κ1) is 18.2. The summed E-state index contributed by atoms with van der Waals surface area (Å²) >= 11 is 0. The molecule has 0 radical (unpaired) electrons. The molecule has 3 rings (SSSR count). The fourth-order valence-electron chi connectivity index (χ4n) is 3.36. The lowest BCUT2D eigenvalue weighted by Gasteiger charge is -2.31. The van der Waals surface area contributed by atoms with Crippen LogP contribution in [0.3, 0.4) is 0 Å². The molecule has 1 aliphatic rings. The molecule has 1 amide bonds. The molecule has 2 aromatic carbocycles. The van der Waals surface area contributed by atoms with E-state index in [2.05, 4.69) is 24.3 Å². The molecule has 0 N–H and O–H groups in total. The van der Waals surface area contributed by atoms with Crippen molar-refractivity contribution in [1.82, 2.24) is 4.90 Å². The maximum absolute atomic E-state index is 13.7. The highest BCUT2D eigenvalue weighted by Gasteiger charge is 2.21. The van der Waals surface area contributed by atoms with Gasteiger partial charge in [-0.1, -0.05) is 36.4 Å². The minimum Gasteiger partial charge on any atom is -0.494 e. The second kappa shape index (κ2) is 8.65. The van der Waals surface area contributed by atoms with Crippen molar-refractivity contribution >= 4 is 12.0 Å². The summed E-state index contributed by atoms with van der Waals surface area (Å²) in [5.41, 5.74) is 2.01. The van der Waals surface area contributed by atoms with Crippen LogP contribution in [0.15, 0.2) is 54.6 Å². The Kier molecular flexibility index (Phi) is 6.05. The van der Waals surface area contributed by atoms with Crippen molar-refractivity contribution in [2.45, 2.75) is 19.3 Å². The van der Waals surface area contributed by atoms with E-state index in [1.165, 1.54) is 24.8 Å². The number of likely N-dealkylation sites (tertiary alicyclic amines) is 1. The van der Waals surface area contributed by atoms with Crippen LogP contribution in [0.25, 0.3) is 6.08 Å². The van der Waals surface area contributed by atoms with Gasteiger partial charge >= 0.3 is 0 Å². The van der Waals surface area contributed by atoms with Crippen LogP contribution in [0.4, 0.5) is 4.39 Å². The second-order valence-corrected chi connectivity index (χ2v) is 6.69. The maximum atomic E-state index is 13.7. The molecule has 0 aromatic heterocycles. The Labute approximate surface area is 154 Å². The summed E-state index contributed by atoms with van der Waals surface area (Å²) in [7, 11) is 1.43. The maximum Gasteiger partial charge on any atom is 0.246 e. The van der Waals surface area contributed by atoms with Gasteiger partial charge < -0.3 is 9.64 Å². The van der Waals surface area contributed by atoms with Gasteiger partial charge in [-0.2, -0.15) is 0 Å². The number of nitrogens with zero attached hydrogens (tertiary/aromatic N) is 1. The van der Waals surface area contributed by atoms with Crippen molar-refractivity contribution in [3.05, 3.63) is 71.6 Å². The normalized spacial score (nSPS) is 15.4. The Morgan fingerprint density at radius 1 is 1.19 bits per heavy atom. The Bertz CT molecular complexity index is 765. The number of amides is 1. The smallest absolute Gasteiger partial charge is 0.246 e. The van der Waals surface area contributed by atoms with Gasteiger partial charge in [0, 0.05) is 19.2 Å². The largest absolute Gasteiger partial charge is 0.494 e. The molecule has 1 aliphatic heterocycles. The number of piperidine rings is 1. The number of hydrogen-bond acceptors (Lipinski definition) is 2. The highest BCUT2D eigenvalue weighted by Crippen LogP contribution is 2.22. The van der Waals surface area contributed by atoms with E-state index in [1.807, 2.05) is 11.0 Å². The standard InChI is InChI=1S/C22H24FNO2/c1-26-21-9-7-18(16-20(21)23)8-10-22(25)24-13-11-19(12-14-24)15-17-5-3-2-4-6-17/h2-10,16,19H,11-15H2,1H3/b10-8+. The molecule has 0 unspecified atom stereocenters. The molecule has 4 heteroatoms. The molecular formula is C22H24FNO2. The molecule has 2 aromatic rings. The summed E-state index contributed by atoms with van der Waals surface area (Å²) in [4.78, 5) is 14.2. The lowest BCUT2D eigenvalue weighted by atomic mass is 9.90. The summed E-state index contributed by atoms with van der Waals surface area (Å²) in [6.07, 6.45) is 6.29. The van der Waals surface area contributed by atoms with Crippen LogP contribution in [0, 0.1) is 11.7 Å². The van der Waals surface area contributed by atoms with Crippen molar-refractivity contribution in [3.8, 4) is 5.75 Å². The van der Waals surface area contributed by atoms with E-state index in [0.29, 0.717) is 11.5 Å². The van der Waals surface area contributed by atoms with Gasteiger partial charge in [0.25, 0.3) is 0 Å². The van der Waals surface area contributed by atoms with Crippen LogP contribution in [0.5, 0.6) is 5.75 Å². The summed E-state index contributed by atoms with van der Waals surface area (Å²) in [6, 6.07) is 15.2. The van der Waals surface area contributed by atoms with Crippen LogP contribution < -0.4 is 4.74 Å². The summed E-state index contributed by atoms with van der Waals surface area (Å²) in [5.74, 6) is 0.387. The predicted molar refractivity (Wildman–Crippen MR) is 101 cm³/mol. The van der Waals surface area contributed by atoms with E-state index >= 15 is 0 Å². The molecule has 0 bridgehead atoms. The monoisotopic (exact) mass is 353 g/mol. The summed E-state index contributed by atoms with van der Waals surface area (Å²) in [5, 5.41) is 0. The molecule has 136 valence electrons. The average molecular weight is 353 g/mol. The number of carbonyl (C=O) groups is 1. The molecule has 3 nitrogen and oxygen atoms in total. The highest BCUT2D eigenvalue weighted by atomic mass is 19.1. The van der Waals surface area contributed by atoms with Crippen LogP contribution >= 0.6 is 0 Å². The molecule has 1 heterocycles. The van der Waals surface area contributed by atoms with E-state index in [4.69, 9.17) is 4.74 Å². The van der Waals surface area contributed by atoms with Gasteiger partial charge in [-0.05, 0) is 54.5 Å². The van der Waals surface area contributed by atoms with Crippen molar-refractivity contribution in [2.75, 3.05) is 20.2 Å². The van der Waals surface area contributed by atoms with Gasteiger partial charge in [0.15, 0.2) is 11.6 Å². The number of benzene rings is 2. The fraction of sp³-hybridized carbons (Fsp3) is 0.318. The van der Waals surface area contributed by atoms with Crippen LogP contribution in [0.2, 0.25) is 0 Å². The van der Waals surface area contributed by atoms with E-state index in [-0.39, 0.29) is 11.7 Å². The molecule has 26 heavy (non-hydrogen) atoms. The zero-order valence-electron chi connectivity index (χ0n) is 15.0. The molecule has 1 saturated heterocycles. The van der Waals surface area contributed by atoms with Gasteiger partial charge in [-0.15, -0.1) is 0 Å². The number of halogens is 1. The first-order valence-electron chi connectivity index (χ1n) is 9.00. The van der Waals surface area contributed by atoms with E-state index < -0.39 is 5.82 Å². The predicted octanol–water partition coefficient (Wildman–Crippen LogP) is 4.33. The molecule has 1 fully saturated rings. The lowest BCUT2D eigenvalue weighted by Crippen LogP contribution is -2.37. The third kappa shape index (κ3) is 4.72. The number of methoxy groups -OCH3 is 1. The van der Waals surface area contributed by atoms with Crippen LogP contribution in [-0.4, -0.2) is 31.0 Å². The minimum absolute atomic E-state index is 0.0145. The van der Waals surface area contributed by atoms with Crippen LogP contribution in [0.1, 0.15) is 24.0 Å². The zero-order chi connectivity index (χ0) is 18.4. The Morgan fingerprint density at radius 2 is 1.92 bits per heavy atom. The topological polar surface area (TPSA) is 29.5 Å². The first-order valence-corrected chi connectivity index (χ1v) is 9.00. The van der Waals surface area contributed by atoms with E-state index in [1.54, 1.807) is 18.2 Å². The second-order valence-electron chi connectivity index (χ2n) is 6.69. The fourth-order valence-corrected chi connectivity index (χ4v) is 3.36. The number of rotatable bonds is 5. The van der Waals surface area contributed by atoms with Crippen molar-refractivity contribution in [2.24, 2.45) is 5.92 Å². The van der Waals surface area contributed by atoms with Crippen molar-refractivity contribution in [3.63, 3.8) is 0 Å². The van der Waals surface area contributed by atoms with Crippen LogP contribution in [-0.2, 0) is 11.2 Å². The first-order chi connectivity index (χ1) is 12.7. The lowest BCUT2D eigenvalue weighted by molar-refractivity contribution is -0.127. The van der Waals surface area contributed by atoms with Gasteiger partial charge in [0.1, 0.15) is 0 Å². The molecule has 0 aliphatic carbocycles. The summed E-state index contributed by atoms with van der Waals surface area (Å²) < 4.78 is 18.6. The summed E-state index contributed by atoms with van der Waals surface area (Å²) in [6.45, 7) is 1.55. The Balaban J connectivity index is 1.51. The van der Waals surface area contributed by atoms with E-state index in [9.17, 15) is 9.18 Å². The molecule has 0 spiro atoms. The quantitative estimate of drug-likeness (QED) is 0.749. The zero-order valence-corrected chi connectivity index (χ0v) is 15.0. The third-order valence-electron chi connectivity index (χ3n) is 4.89. The molecular weight excluding hydrogens is 329 g/mol. The SMILES string of the molecule is COc1ccc(/C=C/C(=O)N2CCC(Cc3ccccc3)CC2)cc1F. The van der Waals surface area contributed by atoms with Gasteiger partial charge in [0.2, 0.25) is 5.91 Å². The van der Waals surface area contributed by atoms with Gasteiger partial charge in [-0.3, -0.25) is 4.79 Å². The highest BCUT2D eigenvalue weighted by molar-refractivity contribution is 5.91. The number of hydrogen-bond donors (Lipinski definition) is 0. The number of carbonyl (C=O) groups excluding carboxylic acids is 1. The van der Waals surface area contributed by atoms with Crippen molar-refractivity contribution in [1.29, 1.82) is 0 Å². The van der Waals surface area contributed by atoms with Gasteiger partial charge in [-0.25, -0.2) is 4.39 Å². The Hall–Kier alpha value is -2.62. The van der Waals surface area contributed by atoms with Crippen molar-refractivity contribution < 1.29 is 13.9 Å². The van der Waals surface area contributed by atoms with E-state index in [0.717, 1.165) is 32.4 Å². The molecule has 0 saturated carbocycles. The van der Waals surface area contributed by atoms with Gasteiger partial charge in [0.05, 0.1) is 7.11 Å². The minimum atomic E-state index is -0.427. The Morgan fingerprint density at radius 3 is 2.58 bits per heavy atom.